The van der Waals surface area contributed by atoms with E-state index in [1.807, 2.05) is 20.0 Å². The second kappa shape index (κ2) is 6.13. The molecule has 0 aliphatic heterocycles. The lowest BCUT2D eigenvalue weighted by Gasteiger charge is -2.10. The summed E-state index contributed by atoms with van der Waals surface area (Å²) in [5.74, 6) is 1.41. The van der Waals surface area contributed by atoms with Gasteiger partial charge in [-0.1, -0.05) is 12.1 Å². The number of rotatable bonds is 5. The molecular weight excluding hydrogens is 243 g/mol. The van der Waals surface area contributed by atoms with E-state index in [0.717, 1.165) is 29.2 Å². The highest BCUT2D eigenvalue weighted by atomic mass is 19.1. The van der Waals surface area contributed by atoms with Crippen LogP contribution in [0.1, 0.15) is 11.1 Å². The lowest BCUT2D eigenvalue weighted by molar-refractivity contribution is 0.625. The predicted molar refractivity (Wildman–Crippen MR) is 74.9 cm³/mol. The fourth-order valence-electron chi connectivity index (χ4n) is 1.90. The van der Waals surface area contributed by atoms with E-state index in [1.54, 1.807) is 12.1 Å². The second-order valence-electron chi connectivity index (χ2n) is 4.25. The summed E-state index contributed by atoms with van der Waals surface area (Å²) in [6, 6.07) is 6.63. The first-order valence-electron chi connectivity index (χ1n) is 6.18. The highest BCUT2D eigenvalue weighted by Gasteiger charge is 2.04. The van der Waals surface area contributed by atoms with Crippen molar-refractivity contribution >= 4 is 11.6 Å². The Kier molecular flexibility index (Phi) is 4.28. The molecule has 0 unspecified atom stereocenters. The SMILES string of the molecule is CNc1ncnc(NCCc2cccc(F)c2)c1C. The summed E-state index contributed by atoms with van der Waals surface area (Å²) in [5, 5.41) is 6.25. The zero-order valence-electron chi connectivity index (χ0n) is 11.1. The number of aromatic nitrogens is 2. The van der Waals surface area contributed by atoms with E-state index in [-0.39, 0.29) is 5.82 Å². The summed E-state index contributed by atoms with van der Waals surface area (Å²) in [7, 11) is 1.83. The molecule has 1 aromatic heterocycles. The van der Waals surface area contributed by atoms with Crippen LogP contribution in [0.15, 0.2) is 30.6 Å². The Morgan fingerprint density at radius 1 is 1.21 bits per heavy atom. The van der Waals surface area contributed by atoms with Gasteiger partial charge in [0.1, 0.15) is 23.8 Å². The first-order chi connectivity index (χ1) is 9.20. The van der Waals surface area contributed by atoms with Crippen molar-refractivity contribution in [2.75, 3.05) is 24.2 Å². The number of nitrogens with zero attached hydrogens (tertiary/aromatic N) is 2. The van der Waals surface area contributed by atoms with Gasteiger partial charge < -0.3 is 10.6 Å². The molecule has 1 aromatic carbocycles. The highest BCUT2D eigenvalue weighted by molar-refractivity contribution is 5.56. The Morgan fingerprint density at radius 2 is 2.00 bits per heavy atom. The predicted octanol–water partition coefficient (Wildman–Crippen LogP) is 2.62. The van der Waals surface area contributed by atoms with E-state index in [9.17, 15) is 4.39 Å². The van der Waals surface area contributed by atoms with Gasteiger partial charge in [0.15, 0.2) is 0 Å². The first kappa shape index (κ1) is 13.3. The number of halogens is 1. The lowest BCUT2D eigenvalue weighted by Crippen LogP contribution is -2.09. The Morgan fingerprint density at radius 3 is 2.74 bits per heavy atom. The monoisotopic (exact) mass is 260 g/mol. The van der Waals surface area contributed by atoms with Gasteiger partial charge in [0.05, 0.1) is 0 Å². The third-order valence-electron chi connectivity index (χ3n) is 2.92. The molecule has 0 amide bonds. The van der Waals surface area contributed by atoms with Gasteiger partial charge in [-0.2, -0.15) is 0 Å². The molecule has 1 heterocycles. The van der Waals surface area contributed by atoms with Crippen molar-refractivity contribution in [3.63, 3.8) is 0 Å². The number of hydrogen-bond donors (Lipinski definition) is 2. The van der Waals surface area contributed by atoms with E-state index in [1.165, 1.54) is 12.4 Å². The first-order valence-corrected chi connectivity index (χ1v) is 6.18. The van der Waals surface area contributed by atoms with Gasteiger partial charge in [0, 0.05) is 19.2 Å². The fraction of sp³-hybridized carbons (Fsp3) is 0.286. The van der Waals surface area contributed by atoms with Crippen LogP contribution in [0.25, 0.3) is 0 Å². The van der Waals surface area contributed by atoms with E-state index < -0.39 is 0 Å². The fourth-order valence-corrected chi connectivity index (χ4v) is 1.90. The average Bonchev–Trinajstić information content (AvgIpc) is 2.41. The quantitative estimate of drug-likeness (QED) is 0.867. The normalized spacial score (nSPS) is 10.3. The Hall–Kier alpha value is -2.17. The maximum absolute atomic E-state index is 13.0. The number of nitrogens with one attached hydrogen (secondary N) is 2. The highest BCUT2D eigenvalue weighted by Crippen LogP contribution is 2.17. The van der Waals surface area contributed by atoms with E-state index in [4.69, 9.17) is 0 Å². The van der Waals surface area contributed by atoms with Crippen molar-refractivity contribution in [3.8, 4) is 0 Å². The van der Waals surface area contributed by atoms with Gasteiger partial charge in [-0.15, -0.1) is 0 Å². The molecule has 2 rings (SSSR count). The molecule has 0 atom stereocenters. The Balaban J connectivity index is 1.96. The maximum Gasteiger partial charge on any atom is 0.134 e. The van der Waals surface area contributed by atoms with Crippen LogP contribution in [0.3, 0.4) is 0 Å². The van der Waals surface area contributed by atoms with Crippen LogP contribution in [0, 0.1) is 12.7 Å². The van der Waals surface area contributed by atoms with Crippen molar-refractivity contribution in [1.82, 2.24) is 9.97 Å². The minimum atomic E-state index is -0.201. The molecule has 0 radical (unpaired) electrons. The summed E-state index contributed by atoms with van der Waals surface area (Å²) in [6.45, 7) is 2.65. The summed E-state index contributed by atoms with van der Waals surface area (Å²) in [4.78, 5) is 8.32. The smallest absolute Gasteiger partial charge is 0.134 e. The van der Waals surface area contributed by atoms with Crippen molar-refractivity contribution in [3.05, 3.63) is 47.5 Å². The number of hydrogen-bond acceptors (Lipinski definition) is 4. The summed E-state index contributed by atoms with van der Waals surface area (Å²) >= 11 is 0. The van der Waals surface area contributed by atoms with Crippen molar-refractivity contribution in [2.45, 2.75) is 13.3 Å². The van der Waals surface area contributed by atoms with Crippen LogP contribution in [0.5, 0.6) is 0 Å². The molecule has 2 N–H and O–H groups in total. The molecule has 0 aliphatic rings. The molecule has 2 aromatic rings. The third-order valence-corrected chi connectivity index (χ3v) is 2.92. The van der Waals surface area contributed by atoms with Gasteiger partial charge in [-0.3, -0.25) is 0 Å². The molecule has 0 saturated carbocycles. The van der Waals surface area contributed by atoms with Gasteiger partial charge in [-0.05, 0) is 31.0 Å². The minimum Gasteiger partial charge on any atom is -0.373 e. The third kappa shape index (κ3) is 3.40. The van der Waals surface area contributed by atoms with Crippen LogP contribution < -0.4 is 10.6 Å². The topological polar surface area (TPSA) is 49.8 Å². The number of benzene rings is 1. The van der Waals surface area contributed by atoms with Gasteiger partial charge in [0.25, 0.3) is 0 Å². The molecule has 0 saturated heterocycles. The molecule has 0 aliphatic carbocycles. The zero-order valence-corrected chi connectivity index (χ0v) is 11.1. The molecule has 4 nitrogen and oxygen atoms in total. The van der Waals surface area contributed by atoms with Crippen molar-refractivity contribution < 1.29 is 4.39 Å². The van der Waals surface area contributed by atoms with Crippen LogP contribution in [-0.2, 0) is 6.42 Å². The van der Waals surface area contributed by atoms with Crippen molar-refractivity contribution in [2.24, 2.45) is 0 Å². The van der Waals surface area contributed by atoms with Gasteiger partial charge in [0.2, 0.25) is 0 Å². The standard InChI is InChI=1S/C14H17FN4/c1-10-13(16-2)18-9-19-14(10)17-7-6-11-4-3-5-12(15)8-11/h3-5,8-9H,6-7H2,1-2H3,(H2,16,17,18,19). The van der Waals surface area contributed by atoms with Crippen LogP contribution in [0.4, 0.5) is 16.0 Å². The van der Waals surface area contributed by atoms with Gasteiger partial charge in [-0.25, -0.2) is 14.4 Å². The summed E-state index contributed by atoms with van der Waals surface area (Å²) in [5.41, 5.74) is 1.94. The lowest BCUT2D eigenvalue weighted by atomic mass is 10.1. The van der Waals surface area contributed by atoms with E-state index in [2.05, 4.69) is 20.6 Å². The van der Waals surface area contributed by atoms with Crippen LogP contribution in [-0.4, -0.2) is 23.6 Å². The molecule has 19 heavy (non-hydrogen) atoms. The summed E-state index contributed by atoms with van der Waals surface area (Å²) in [6.07, 6.45) is 2.26. The molecule has 0 spiro atoms. The van der Waals surface area contributed by atoms with Gasteiger partial charge >= 0.3 is 0 Å². The van der Waals surface area contributed by atoms with E-state index >= 15 is 0 Å². The largest absolute Gasteiger partial charge is 0.373 e. The van der Waals surface area contributed by atoms with Crippen LogP contribution in [0.2, 0.25) is 0 Å². The Labute approximate surface area is 112 Å². The van der Waals surface area contributed by atoms with Crippen LogP contribution >= 0.6 is 0 Å². The molecule has 100 valence electrons. The minimum absolute atomic E-state index is 0.201. The molecule has 0 bridgehead atoms. The average molecular weight is 260 g/mol. The second-order valence-corrected chi connectivity index (χ2v) is 4.25. The molecule has 5 heteroatoms. The number of anilines is 2. The molecular formula is C14H17FN4. The summed E-state index contributed by atoms with van der Waals surface area (Å²) < 4.78 is 13.0. The molecule has 0 fully saturated rings. The zero-order chi connectivity index (χ0) is 13.7. The maximum atomic E-state index is 13.0. The van der Waals surface area contributed by atoms with Crippen molar-refractivity contribution in [1.29, 1.82) is 0 Å². The Bertz CT molecular complexity index is 557. The van der Waals surface area contributed by atoms with E-state index in [0.29, 0.717) is 6.54 Å².